The number of benzene rings is 1. The zero-order valence-corrected chi connectivity index (χ0v) is 12.9. The van der Waals surface area contributed by atoms with E-state index in [1.54, 1.807) is 6.92 Å². The average Bonchev–Trinajstić information content (AvgIpc) is 2.56. The maximum atomic E-state index is 11.5. The first kappa shape index (κ1) is 14.7. The van der Waals surface area contributed by atoms with Gasteiger partial charge in [-0.05, 0) is 25.2 Å². The fourth-order valence-corrected chi connectivity index (χ4v) is 3.07. The van der Waals surface area contributed by atoms with Gasteiger partial charge >= 0.3 is 0 Å². The summed E-state index contributed by atoms with van der Waals surface area (Å²) in [4.78, 5) is 22.6. The molecule has 2 aromatic rings. The molecule has 4 nitrogen and oxygen atoms in total. The predicted molar refractivity (Wildman–Crippen MR) is 86.2 cm³/mol. The summed E-state index contributed by atoms with van der Waals surface area (Å²) >= 11 is 0. The molecule has 1 saturated heterocycles. The number of likely N-dealkylation sites (tertiary alicyclic amines) is 1. The molecule has 2 heterocycles. The summed E-state index contributed by atoms with van der Waals surface area (Å²) in [5.41, 5.74) is 3.01. The maximum Gasteiger partial charge on any atom is 0.219 e. The van der Waals surface area contributed by atoms with Crippen LogP contribution >= 0.6 is 0 Å². The predicted octanol–water partition coefficient (Wildman–Crippen LogP) is 2.94. The number of carbonyl (C=O) groups is 1. The Bertz CT molecular complexity index is 642. The van der Waals surface area contributed by atoms with Gasteiger partial charge in [-0.15, -0.1) is 0 Å². The Hall–Kier alpha value is -2.23. The van der Waals surface area contributed by atoms with Gasteiger partial charge in [0.15, 0.2) is 0 Å². The molecule has 0 unspecified atom stereocenters. The van der Waals surface area contributed by atoms with Crippen LogP contribution in [0, 0.1) is 5.92 Å². The first-order chi connectivity index (χ1) is 10.7. The van der Waals surface area contributed by atoms with Crippen molar-refractivity contribution in [3.8, 4) is 11.3 Å². The van der Waals surface area contributed by atoms with E-state index < -0.39 is 0 Å². The summed E-state index contributed by atoms with van der Waals surface area (Å²) in [6, 6.07) is 10.1. The number of aromatic nitrogens is 2. The van der Waals surface area contributed by atoms with E-state index in [4.69, 9.17) is 4.98 Å². The molecular formula is C18H21N3O. The summed E-state index contributed by atoms with van der Waals surface area (Å²) < 4.78 is 0. The molecule has 114 valence electrons. The topological polar surface area (TPSA) is 46.1 Å². The van der Waals surface area contributed by atoms with E-state index in [2.05, 4.69) is 4.98 Å². The van der Waals surface area contributed by atoms with Gasteiger partial charge in [0.1, 0.15) is 0 Å². The Morgan fingerprint density at radius 2 is 2.09 bits per heavy atom. The molecule has 4 heteroatoms. The van der Waals surface area contributed by atoms with Crippen LogP contribution in [0.1, 0.15) is 25.5 Å². The minimum absolute atomic E-state index is 0.175. The molecule has 1 aromatic heterocycles. The molecule has 0 saturated carbocycles. The number of hydrogen-bond donors (Lipinski definition) is 0. The second-order valence-corrected chi connectivity index (χ2v) is 5.94. The van der Waals surface area contributed by atoms with Crippen molar-refractivity contribution in [3.05, 3.63) is 48.4 Å². The van der Waals surface area contributed by atoms with Crippen molar-refractivity contribution in [1.82, 2.24) is 14.9 Å². The highest BCUT2D eigenvalue weighted by molar-refractivity contribution is 5.73. The van der Waals surface area contributed by atoms with Gasteiger partial charge < -0.3 is 4.90 Å². The quantitative estimate of drug-likeness (QED) is 0.874. The largest absolute Gasteiger partial charge is 0.343 e. The molecule has 1 aromatic carbocycles. The molecule has 1 atom stereocenters. The molecule has 0 aliphatic carbocycles. The van der Waals surface area contributed by atoms with Gasteiger partial charge in [-0.25, -0.2) is 4.98 Å². The second-order valence-electron chi connectivity index (χ2n) is 5.94. The minimum atomic E-state index is 0.175. The van der Waals surface area contributed by atoms with Crippen molar-refractivity contribution < 1.29 is 4.79 Å². The molecule has 1 amide bonds. The molecule has 0 N–H and O–H groups in total. The summed E-state index contributed by atoms with van der Waals surface area (Å²) in [7, 11) is 0. The SMILES string of the molecule is CC(=O)N1CCC[C@@H](Cc2cncc(-c3ccccc3)n2)C1. The lowest BCUT2D eigenvalue weighted by Crippen LogP contribution is -2.39. The standard InChI is InChI=1S/C18H21N3O/c1-14(22)21-9-5-6-15(13-21)10-17-11-19-12-18(20-17)16-7-3-2-4-8-16/h2-4,7-8,11-12,15H,5-6,9-10,13H2,1H3/t15-/m0/s1. The summed E-state index contributed by atoms with van der Waals surface area (Å²) in [6.07, 6.45) is 6.77. The Kier molecular flexibility index (Phi) is 4.47. The van der Waals surface area contributed by atoms with Gasteiger partial charge in [0.25, 0.3) is 0 Å². The highest BCUT2D eigenvalue weighted by atomic mass is 16.2. The summed E-state index contributed by atoms with van der Waals surface area (Å²) in [5, 5.41) is 0. The number of hydrogen-bond acceptors (Lipinski definition) is 3. The number of piperidine rings is 1. The van der Waals surface area contributed by atoms with Gasteiger partial charge in [-0.2, -0.15) is 0 Å². The van der Waals surface area contributed by atoms with Gasteiger partial charge in [0.05, 0.1) is 17.6 Å². The monoisotopic (exact) mass is 295 g/mol. The zero-order chi connectivity index (χ0) is 15.4. The Morgan fingerprint density at radius 3 is 2.86 bits per heavy atom. The third kappa shape index (κ3) is 3.50. The minimum Gasteiger partial charge on any atom is -0.343 e. The van der Waals surface area contributed by atoms with Crippen LogP contribution in [0.4, 0.5) is 0 Å². The van der Waals surface area contributed by atoms with E-state index in [-0.39, 0.29) is 5.91 Å². The van der Waals surface area contributed by atoms with Gasteiger partial charge in [-0.3, -0.25) is 9.78 Å². The van der Waals surface area contributed by atoms with Gasteiger partial charge in [0, 0.05) is 31.8 Å². The van der Waals surface area contributed by atoms with E-state index in [1.165, 1.54) is 0 Å². The van der Waals surface area contributed by atoms with Crippen LogP contribution in [0.5, 0.6) is 0 Å². The molecule has 0 spiro atoms. The normalized spacial score (nSPS) is 18.2. The van der Waals surface area contributed by atoms with E-state index in [0.717, 1.165) is 49.3 Å². The van der Waals surface area contributed by atoms with E-state index in [1.807, 2.05) is 47.6 Å². The van der Waals surface area contributed by atoms with Crippen LogP contribution in [-0.2, 0) is 11.2 Å². The van der Waals surface area contributed by atoms with E-state index >= 15 is 0 Å². The molecular weight excluding hydrogens is 274 g/mol. The number of rotatable bonds is 3. The first-order valence-corrected chi connectivity index (χ1v) is 7.84. The molecule has 0 radical (unpaired) electrons. The first-order valence-electron chi connectivity index (χ1n) is 7.84. The molecule has 1 aliphatic heterocycles. The van der Waals surface area contributed by atoms with Crippen LogP contribution in [0.3, 0.4) is 0 Å². The number of amides is 1. The van der Waals surface area contributed by atoms with Crippen LogP contribution in [-0.4, -0.2) is 33.9 Å². The van der Waals surface area contributed by atoms with Gasteiger partial charge in [-0.1, -0.05) is 30.3 Å². The molecule has 3 rings (SSSR count). The van der Waals surface area contributed by atoms with Crippen molar-refractivity contribution in [2.24, 2.45) is 5.92 Å². The lowest BCUT2D eigenvalue weighted by molar-refractivity contribution is -0.130. The summed E-state index contributed by atoms with van der Waals surface area (Å²) in [6.45, 7) is 3.38. The Labute approximate surface area is 131 Å². The third-order valence-corrected chi connectivity index (χ3v) is 4.22. The van der Waals surface area contributed by atoms with Crippen LogP contribution in [0.25, 0.3) is 11.3 Å². The Balaban J connectivity index is 1.72. The molecule has 1 fully saturated rings. The van der Waals surface area contributed by atoms with Crippen molar-refractivity contribution >= 4 is 5.91 Å². The van der Waals surface area contributed by atoms with Crippen molar-refractivity contribution in [3.63, 3.8) is 0 Å². The molecule has 0 bridgehead atoms. The van der Waals surface area contributed by atoms with Crippen molar-refractivity contribution in [2.75, 3.05) is 13.1 Å². The average molecular weight is 295 g/mol. The zero-order valence-electron chi connectivity index (χ0n) is 12.9. The van der Waals surface area contributed by atoms with Gasteiger partial charge in [0.2, 0.25) is 5.91 Å². The van der Waals surface area contributed by atoms with E-state index in [9.17, 15) is 4.79 Å². The lowest BCUT2D eigenvalue weighted by Gasteiger charge is -2.31. The lowest BCUT2D eigenvalue weighted by atomic mass is 9.93. The van der Waals surface area contributed by atoms with Crippen LogP contribution in [0.15, 0.2) is 42.7 Å². The Morgan fingerprint density at radius 1 is 1.27 bits per heavy atom. The van der Waals surface area contributed by atoms with E-state index in [0.29, 0.717) is 5.92 Å². The van der Waals surface area contributed by atoms with Crippen molar-refractivity contribution in [1.29, 1.82) is 0 Å². The fourth-order valence-electron chi connectivity index (χ4n) is 3.07. The fraction of sp³-hybridized carbons (Fsp3) is 0.389. The maximum absolute atomic E-state index is 11.5. The third-order valence-electron chi connectivity index (χ3n) is 4.22. The van der Waals surface area contributed by atoms with Crippen molar-refractivity contribution in [2.45, 2.75) is 26.2 Å². The second kappa shape index (κ2) is 6.69. The van der Waals surface area contributed by atoms with Crippen LogP contribution in [0.2, 0.25) is 0 Å². The summed E-state index contributed by atoms with van der Waals surface area (Å²) in [5.74, 6) is 0.659. The molecule has 22 heavy (non-hydrogen) atoms. The molecule has 1 aliphatic rings. The number of nitrogens with zero attached hydrogens (tertiary/aromatic N) is 3. The smallest absolute Gasteiger partial charge is 0.219 e. The van der Waals surface area contributed by atoms with Crippen LogP contribution < -0.4 is 0 Å². The highest BCUT2D eigenvalue weighted by Crippen LogP contribution is 2.21. The number of carbonyl (C=O) groups excluding carboxylic acids is 1. The highest BCUT2D eigenvalue weighted by Gasteiger charge is 2.22.